The molecule has 1 amide bonds. The summed E-state index contributed by atoms with van der Waals surface area (Å²) in [6.07, 6.45) is 0.836. The first-order valence-corrected chi connectivity index (χ1v) is 8.17. The molecule has 1 aliphatic rings. The quantitative estimate of drug-likeness (QED) is 0.946. The van der Waals surface area contributed by atoms with Gasteiger partial charge in [0.15, 0.2) is 0 Å². The van der Waals surface area contributed by atoms with Crippen molar-refractivity contribution >= 4 is 17.2 Å². The molecule has 1 aromatic heterocycles. The number of halogens is 1. The molecule has 116 valence electrons. The molecule has 2 unspecified atom stereocenters. The highest BCUT2D eigenvalue weighted by Gasteiger charge is 2.35. The van der Waals surface area contributed by atoms with Gasteiger partial charge >= 0.3 is 0 Å². The Kier molecular flexibility index (Phi) is 4.22. The SMILES string of the molecule is CC1CC(c2cccc(F)c2)N(C(=O)c2csc(CN)n2)C1. The van der Waals surface area contributed by atoms with E-state index in [0.717, 1.165) is 17.0 Å². The number of carbonyl (C=O) groups is 1. The molecule has 1 aromatic carbocycles. The van der Waals surface area contributed by atoms with Gasteiger partial charge in [0.2, 0.25) is 0 Å². The minimum absolute atomic E-state index is 0.0961. The number of rotatable bonds is 3. The van der Waals surface area contributed by atoms with Crippen molar-refractivity contribution in [2.45, 2.75) is 25.9 Å². The number of hydrogen-bond acceptors (Lipinski definition) is 4. The zero-order valence-electron chi connectivity index (χ0n) is 12.3. The summed E-state index contributed by atoms with van der Waals surface area (Å²) in [6, 6.07) is 6.39. The van der Waals surface area contributed by atoms with E-state index in [1.165, 1.54) is 23.5 Å². The van der Waals surface area contributed by atoms with E-state index in [1.807, 2.05) is 6.07 Å². The Morgan fingerprint density at radius 3 is 3.05 bits per heavy atom. The van der Waals surface area contributed by atoms with Crippen molar-refractivity contribution in [3.8, 4) is 0 Å². The summed E-state index contributed by atoms with van der Waals surface area (Å²) >= 11 is 1.39. The van der Waals surface area contributed by atoms with Crippen LogP contribution >= 0.6 is 11.3 Å². The van der Waals surface area contributed by atoms with E-state index in [-0.39, 0.29) is 17.8 Å². The van der Waals surface area contributed by atoms with Crippen LogP contribution in [-0.4, -0.2) is 22.3 Å². The van der Waals surface area contributed by atoms with Crippen molar-refractivity contribution in [1.29, 1.82) is 0 Å². The van der Waals surface area contributed by atoms with Crippen LogP contribution in [0.5, 0.6) is 0 Å². The lowest BCUT2D eigenvalue weighted by molar-refractivity contribution is 0.0726. The Morgan fingerprint density at radius 1 is 1.55 bits per heavy atom. The molecule has 2 N–H and O–H groups in total. The first kappa shape index (κ1) is 15.1. The molecular formula is C16H18FN3OS. The topological polar surface area (TPSA) is 59.2 Å². The van der Waals surface area contributed by atoms with Crippen molar-refractivity contribution in [3.05, 3.63) is 51.7 Å². The van der Waals surface area contributed by atoms with E-state index >= 15 is 0 Å². The summed E-state index contributed by atoms with van der Waals surface area (Å²) in [5.41, 5.74) is 6.83. The third-order valence-corrected chi connectivity index (χ3v) is 4.82. The van der Waals surface area contributed by atoms with Gasteiger partial charge in [-0.2, -0.15) is 0 Å². The Labute approximate surface area is 132 Å². The number of carbonyl (C=O) groups excluding carboxylic acids is 1. The summed E-state index contributed by atoms with van der Waals surface area (Å²) in [7, 11) is 0. The molecule has 1 saturated heterocycles. The number of amides is 1. The largest absolute Gasteiger partial charge is 0.330 e. The number of likely N-dealkylation sites (tertiary alicyclic amines) is 1. The molecule has 22 heavy (non-hydrogen) atoms. The van der Waals surface area contributed by atoms with Gasteiger partial charge in [-0.05, 0) is 30.0 Å². The maximum Gasteiger partial charge on any atom is 0.273 e. The van der Waals surface area contributed by atoms with Gasteiger partial charge in [-0.15, -0.1) is 11.3 Å². The van der Waals surface area contributed by atoms with Crippen molar-refractivity contribution in [1.82, 2.24) is 9.88 Å². The highest BCUT2D eigenvalue weighted by molar-refractivity contribution is 7.09. The lowest BCUT2D eigenvalue weighted by Crippen LogP contribution is -2.31. The van der Waals surface area contributed by atoms with Gasteiger partial charge in [0, 0.05) is 18.5 Å². The number of aromatic nitrogens is 1. The third-order valence-electron chi connectivity index (χ3n) is 3.95. The van der Waals surface area contributed by atoms with E-state index in [9.17, 15) is 9.18 Å². The third kappa shape index (κ3) is 2.89. The fourth-order valence-corrected chi connectivity index (χ4v) is 3.60. The van der Waals surface area contributed by atoms with E-state index < -0.39 is 0 Å². The fraction of sp³-hybridized carbons (Fsp3) is 0.375. The van der Waals surface area contributed by atoms with Crippen LogP contribution in [0.1, 0.15) is 40.4 Å². The Hall–Kier alpha value is -1.79. The van der Waals surface area contributed by atoms with Crippen LogP contribution in [0.25, 0.3) is 0 Å². The van der Waals surface area contributed by atoms with Gasteiger partial charge in [0.05, 0.1) is 6.04 Å². The van der Waals surface area contributed by atoms with Gasteiger partial charge in [0.1, 0.15) is 16.5 Å². The molecule has 0 bridgehead atoms. The van der Waals surface area contributed by atoms with Gasteiger partial charge in [0.25, 0.3) is 5.91 Å². The second kappa shape index (κ2) is 6.14. The van der Waals surface area contributed by atoms with Crippen molar-refractivity contribution in [2.75, 3.05) is 6.54 Å². The molecule has 0 aliphatic carbocycles. The Morgan fingerprint density at radius 2 is 2.36 bits per heavy atom. The zero-order chi connectivity index (χ0) is 15.7. The van der Waals surface area contributed by atoms with Crippen LogP contribution in [-0.2, 0) is 6.54 Å². The van der Waals surface area contributed by atoms with E-state index in [4.69, 9.17) is 5.73 Å². The summed E-state index contributed by atoms with van der Waals surface area (Å²) in [5, 5.41) is 2.49. The minimum atomic E-state index is -0.275. The number of benzene rings is 1. The highest BCUT2D eigenvalue weighted by Crippen LogP contribution is 2.36. The molecule has 6 heteroatoms. The van der Waals surface area contributed by atoms with E-state index in [2.05, 4.69) is 11.9 Å². The molecule has 1 fully saturated rings. The number of nitrogens with two attached hydrogens (primary N) is 1. The molecule has 0 saturated carbocycles. The first-order chi connectivity index (χ1) is 10.6. The standard InChI is InChI=1S/C16H18FN3OS/c1-10-5-14(11-3-2-4-12(17)6-11)20(8-10)16(21)13-9-22-15(7-18)19-13/h2-4,6,9-10,14H,5,7-8,18H2,1H3. The number of nitrogens with zero attached hydrogens (tertiary/aromatic N) is 2. The molecule has 2 aromatic rings. The van der Waals surface area contributed by atoms with Crippen LogP contribution in [0.3, 0.4) is 0 Å². The van der Waals surface area contributed by atoms with Gasteiger partial charge < -0.3 is 10.6 Å². The Bertz CT molecular complexity index is 688. The van der Waals surface area contributed by atoms with Gasteiger partial charge in [-0.1, -0.05) is 19.1 Å². The lowest BCUT2D eigenvalue weighted by Gasteiger charge is -2.24. The van der Waals surface area contributed by atoms with Crippen molar-refractivity contribution in [3.63, 3.8) is 0 Å². The summed E-state index contributed by atoms with van der Waals surface area (Å²) in [5.74, 6) is 0.00271. The van der Waals surface area contributed by atoms with Crippen molar-refractivity contribution < 1.29 is 9.18 Å². The van der Waals surface area contributed by atoms with Crippen LogP contribution in [0.2, 0.25) is 0 Å². The second-order valence-corrected chi connectivity index (χ2v) is 6.64. The maximum absolute atomic E-state index is 13.5. The van der Waals surface area contributed by atoms with E-state index in [0.29, 0.717) is 24.7 Å². The predicted octanol–water partition coefficient (Wildman–Crippen LogP) is 2.96. The molecule has 3 rings (SSSR count). The minimum Gasteiger partial charge on any atom is -0.330 e. The molecule has 0 spiro atoms. The van der Waals surface area contributed by atoms with Crippen LogP contribution in [0.15, 0.2) is 29.6 Å². The second-order valence-electron chi connectivity index (χ2n) is 5.70. The fourth-order valence-electron chi connectivity index (χ4n) is 2.95. The molecule has 0 radical (unpaired) electrons. The molecule has 2 atom stereocenters. The predicted molar refractivity (Wildman–Crippen MR) is 84.0 cm³/mol. The monoisotopic (exact) mass is 319 g/mol. The summed E-state index contributed by atoms with van der Waals surface area (Å²) < 4.78 is 13.5. The highest BCUT2D eigenvalue weighted by atomic mass is 32.1. The van der Waals surface area contributed by atoms with E-state index in [1.54, 1.807) is 16.3 Å². The molecular weight excluding hydrogens is 301 g/mol. The van der Waals surface area contributed by atoms with Crippen LogP contribution < -0.4 is 5.73 Å². The molecule has 1 aliphatic heterocycles. The normalized spacial score (nSPS) is 21.3. The molecule has 4 nitrogen and oxygen atoms in total. The molecule has 2 heterocycles. The smallest absolute Gasteiger partial charge is 0.273 e. The number of thiazole rings is 1. The average Bonchev–Trinajstić information content (AvgIpc) is 3.13. The van der Waals surface area contributed by atoms with Crippen molar-refractivity contribution in [2.24, 2.45) is 11.7 Å². The lowest BCUT2D eigenvalue weighted by atomic mass is 10.0. The summed E-state index contributed by atoms with van der Waals surface area (Å²) in [4.78, 5) is 18.8. The maximum atomic E-state index is 13.5. The number of hydrogen-bond donors (Lipinski definition) is 1. The zero-order valence-corrected chi connectivity index (χ0v) is 13.1. The Balaban J connectivity index is 1.88. The van der Waals surface area contributed by atoms with Gasteiger partial charge in [-0.25, -0.2) is 9.37 Å². The average molecular weight is 319 g/mol. The van der Waals surface area contributed by atoms with Crippen LogP contribution in [0.4, 0.5) is 4.39 Å². The summed E-state index contributed by atoms with van der Waals surface area (Å²) in [6.45, 7) is 3.10. The van der Waals surface area contributed by atoms with Gasteiger partial charge in [-0.3, -0.25) is 4.79 Å². The van der Waals surface area contributed by atoms with Crippen LogP contribution in [0, 0.1) is 11.7 Å². The first-order valence-electron chi connectivity index (χ1n) is 7.29.